The standard InChI is InChI=1S/C20H15FN2O3/c21-17-8-4-16(5-9-17)14-26-20-10-6-15(7-11-20)13-22-18-2-1-3-19(12-18)23(24)25/h1-13H,14H2. The highest BCUT2D eigenvalue weighted by Crippen LogP contribution is 2.20. The normalized spacial score (nSPS) is 10.8. The van der Waals surface area contributed by atoms with E-state index >= 15 is 0 Å². The van der Waals surface area contributed by atoms with Crippen molar-refractivity contribution in [1.29, 1.82) is 0 Å². The van der Waals surface area contributed by atoms with E-state index in [1.165, 1.54) is 24.3 Å². The van der Waals surface area contributed by atoms with Crippen LogP contribution < -0.4 is 4.74 Å². The molecule has 26 heavy (non-hydrogen) atoms. The van der Waals surface area contributed by atoms with Crippen molar-refractivity contribution >= 4 is 17.6 Å². The van der Waals surface area contributed by atoms with Gasteiger partial charge in [0.25, 0.3) is 5.69 Å². The molecule has 0 bridgehead atoms. The molecule has 0 heterocycles. The van der Waals surface area contributed by atoms with Gasteiger partial charge < -0.3 is 4.74 Å². The van der Waals surface area contributed by atoms with Crippen LogP contribution in [0.2, 0.25) is 0 Å². The summed E-state index contributed by atoms with van der Waals surface area (Å²) < 4.78 is 18.5. The van der Waals surface area contributed by atoms with Gasteiger partial charge in [-0.1, -0.05) is 18.2 Å². The minimum Gasteiger partial charge on any atom is -0.489 e. The Bertz CT molecular complexity index is 923. The maximum Gasteiger partial charge on any atom is 0.271 e. The molecule has 0 N–H and O–H groups in total. The SMILES string of the molecule is O=[N+]([O-])c1cccc(N=Cc2ccc(OCc3ccc(F)cc3)cc2)c1. The molecule has 0 aliphatic heterocycles. The van der Waals surface area contributed by atoms with Gasteiger partial charge in [-0.3, -0.25) is 15.1 Å². The molecule has 3 rings (SSSR count). The zero-order valence-electron chi connectivity index (χ0n) is 13.7. The smallest absolute Gasteiger partial charge is 0.271 e. The highest BCUT2D eigenvalue weighted by Gasteiger charge is 2.04. The summed E-state index contributed by atoms with van der Waals surface area (Å²) in [6.07, 6.45) is 1.63. The number of rotatable bonds is 6. The molecule has 0 fully saturated rings. The number of hydrogen-bond donors (Lipinski definition) is 0. The molecule has 6 heteroatoms. The summed E-state index contributed by atoms with van der Waals surface area (Å²) in [6, 6.07) is 19.5. The van der Waals surface area contributed by atoms with E-state index in [4.69, 9.17) is 4.74 Å². The van der Waals surface area contributed by atoms with Crippen LogP contribution in [0, 0.1) is 15.9 Å². The Labute approximate surface area is 149 Å². The van der Waals surface area contributed by atoms with E-state index in [-0.39, 0.29) is 11.5 Å². The largest absolute Gasteiger partial charge is 0.489 e. The third kappa shape index (κ3) is 4.73. The lowest BCUT2D eigenvalue weighted by Crippen LogP contribution is -1.95. The summed E-state index contributed by atoms with van der Waals surface area (Å²) in [7, 11) is 0. The van der Waals surface area contributed by atoms with Gasteiger partial charge in [0.1, 0.15) is 18.2 Å². The van der Waals surface area contributed by atoms with Crippen LogP contribution in [0.15, 0.2) is 77.8 Å². The van der Waals surface area contributed by atoms with Crippen LogP contribution in [-0.4, -0.2) is 11.1 Å². The number of benzene rings is 3. The van der Waals surface area contributed by atoms with E-state index in [1.807, 2.05) is 12.1 Å². The topological polar surface area (TPSA) is 64.7 Å². The Kier molecular flexibility index (Phi) is 5.34. The van der Waals surface area contributed by atoms with Gasteiger partial charge in [0.05, 0.1) is 10.6 Å². The molecule has 0 radical (unpaired) electrons. The summed E-state index contributed by atoms with van der Waals surface area (Å²) in [5.41, 5.74) is 2.23. The minimum atomic E-state index is -0.452. The summed E-state index contributed by atoms with van der Waals surface area (Å²) in [5.74, 6) is 0.406. The van der Waals surface area contributed by atoms with Crippen molar-refractivity contribution in [2.75, 3.05) is 0 Å². The number of halogens is 1. The lowest BCUT2D eigenvalue weighted by molar-refractivity contribution is -0.384. The van der Waals surface area contributed by atoms with Crippen molar-refractivity contribution in [3.05, 3.63) is 99.9 Å². The maximum absolute atomic E-state index is 12.9. The van der Waals surface area contributed by atoms with Gasteiger partial charge >= 0.3 is 0 Å². The lowest BCUT2D eigenvalue weighted by Gasteiger charge is -2.06. The molecule has 0 amide bonds. The number of aliphatic imine (C=N–C) groups is 1. The summed E-state index contributed by atoms with van der Waals surface area (Å²) >= 11 is 0. The molecule has 0 aliphatic rings. The van der Waals surface area contributed by atoms with Crippen molar-refractivity contribution in [3.8, 4) is 5.75 Å². The van der Waals surface area contributed by atoms with Crippen LogP contribution in [0.25, 0.3) is 0 Å². The molecule has 5 nitrogen and oxygen atoms in total. The number of ether oxygens (including phenoxy) is 1. The minimum absolute atomic E-state index is 0.00388. The van der Waals surface area contributed by atoms with Gasteiger partial charge in [0.2, 0.25) is 0 Å². The summed E-state index contributed by atoms with van der Waals surface area (Å²) in [5, 5.41) is 10.8. The Morgan fingerprint density at radius 3 is 2.46 bits per heavy atom. The highest BCUT2D eigenvalue weighted by atomic mass is 19.1. The van der Waals surface area contributed by atoms with Crippen molar-refractivity contribution in [2.45, 2.75) is 6.61 Å². The van der Waals surface area contributed by atoms with Crippen molar-refractivity contribution < 1.29 is 14.1 Å². The van der Waals surface area contributed by atoms with Gasteiger partial charge in [-0.2, -0.15) is 0 Å². The molecule has 0 aromatic heterocycles. The van der Waals surface area contributed by atoms with Crippen LogP contribution in [0.1, 0.15) is 11.1 Å². The van der Waals surface area contributed by atoms with Gasteiger partial charge in [0.15, 0.2) is 0 Å². The first-order valence-electron chi connectivity index (χ1n) is 7.86. The molecule has 130 valence electrons. The lowest BCUT2D eigenvalue weighted by atomic mass is 10.2. The Morgan fingerprint density at radius 1 is 1.04 bits per heavy atom. The first-order chi connectivity index (χ1) is 12.6. The van der Waals surface area contributed by atoms with E-state index in [0.717, 1.165) is 11.1 Å². The first-order valence-corrected chi connectivity index (χ1v) is 7.86. The second kappa shape index (κ2) is 8.02. The summed E-state index contributed by atoms with van der Waals surface area (Å²) in [6.45, 7) is 0.349. The molecule has 0 saturated heterocycles. The third-order valence-corrected chi connectivity index (χ3v) is 3.60. The second-order valence-electron chi connectivity index (χ2n) is 5.52. The molecule has 0 unspecified atom stereocenters. The average Bonchev–Trinajstić information content (AvgIpc) is 2.67. The fourth-order valence-electron chi connectivity index (χ4n) is 2.23. The van der Waals surface area contributed by atoms with Crippen molar-refractivity contribution in [2.24, 2.45) is 4.99 Å². The number of non-ortho nitro benzene ring substituents is 1. The average molecular weight is 350 g/mol. The molecule has 0 spiro atoms. The second-order valence-corrected chi connectivity index (χ2v) is 5.52. The van der Waals surface area contributed by atoms with Crippen LogP contribution in [0.4, 0.5) is 15.8 Å². The predicted molar refractivity (Wildman–Crippen MR) is 97.5 cm³/mol. The van der Waals surface area contributed by atoms with Crippen molar-refractivity contribution in [3.63, 3.8) is 0 Å². The van der Waals surface area contributed by atoms with Crippen molar-refractivity contribution in [1.82, 2.24) is 0 Å². The number of hydrogen-bond acceptors (Lipinski definition) is 4. The van der Waals surface area contributed by atoms with Gasteiger partial charge in [-0.15, -0.1) is 0 Å². The van der Waals surface area contributed by atoms with Gasteiger partial charge in [0, 0.05) is 18.3 Å². The molecular formula is C20H15FN2O3. The van der Waals surface area contributed by atoms with E-state index in [1.54, 1.807) is 42.6 Å². The Hall–Kier alpha value is -3.54. The first kappa shape index (κ1) is 17.3. The van der Waals surface area contributed by atoms with E-state index in [0.29, 0.717) is 18.0 Å². The Morgan fingerprint density at radius 2 is 1.77 bits per heavy atom. The van der Waals surface area contributed by atoms with Crippen LogP contribution in [0.3, 0.4) is 0 Å². The monoisotopic (exact) mass is 350 g/mol. The number of nitro groups is 1. The molecule has 0 aliphatic carbocycles. The van der Waals surface area contributed by atoms with E-state index in [9.17, 15) is 14.5 Å². The zero-order chi connectivity index (χ0) is 18.4. The van der Waals surface area contributed by atoms with Gasteiger partial charge in [-0.25, -0.2) is 4.39 Å². The Balaban J connectivity index is 1.61. The van der Waals surface area contributed by atoms with Crippen LogP contribution in [-0.2, 0) is 6.61 Å². The predicted octanol–water partition coefficient (Wildman–Crippen LogP) is 5.06. The molecular weight excluding hydrogens is 335 g/mol. The highest BCUT2D eigenvalue weighted by molar-refractivity contribution is 5.82. The molecule has 3 aromatic carbocycles. The summed E-state index contributed by atoms with van der Waals surface area (Å²) in [4.78, 5) is 14.6. The fourth-order valence-corrected chi connectivity index (χ4v) is 2.23. The fraction of sp³-hybridized carbons (Fsp3) is 0.0500. The van der Waals surface area contributed by atoms with Gasteiger partial charge in [-0.05, 0) is 53.6 Å². The third-order valence-electron chi connectivity index (χ3n) is 3.60. The zero-order valence-corrected chi connectivity index (χ0v) is 13.7. The van der Waals surface area contributed by atoms with Crippen LogP contribution >= 0.6 is 0 Å². The number of nitrogens with zero attached hydrogens (tertiary/aromatic N) is 2. The van der Waals surface area contributed by atoms with E-state index in [2.05, 4.69) is 4.99 Å². The number of nitro benzene ring substituents is 1. The van der Waals surface area contributed by atoms with E-state index < -0.39 is 4.92 Å². The maximum atomic E-state index is 12.9. The molecule has 0 atom stereocenters. The molecule has 0 saturated carbocycles. The quantitative estimate of drug-likeness (QED) is 0.354. The molecule has 3 aromatic rings. The van der Waals surface area contributed by atoms with Crippen LogP contribution in [0.5, 0.6) is 5.75 Å².